The molecule has 2 aromatic heterocycles. The smallest absolute Gasteiger partial charge is 0.306 e. The molecule has 3 rings (SSSR count). The van der Waals surface area contributed by atoms with E-state index in [0.717, 1.165) is 12.1 Å². The molecular weight excluding hydrogens is 430 g/mol. The van der Waals surface area contributed by atoms with Crippen LogP contribution in [0, 0.1) is 24.5 Å². The average molecular weight is 459 g/mol. The molecule has 0 radical (unpaired) electrons. The second kappa shape index (κ2) is 9.68. The molecule has 0 aliphatic carbocycles. The number of ether oxygens (including phenoxy) is 2. The van der Waals surface area contributed by atoms with Crippen LogP contribution in [0.1, 0.15) is 62.3 Å². The molecule has 6 nitrogen and oxygen atoms in total. The van der Waals surface area contributed by atoms with Crippen LogP contribution < -0.4 is 4.74 Å². The molecule has 3 aromatic rings. The molecule has 0 spiro atoms. The molecule has 0 aliphatic rings. The number of aryl methyl sites for hydroxylation is 1. The van der Waals surface area contributed by atoms with Gasteiger partial charge in [0.2, 0.25) is 0 Å². The molecule has 33 heavy (non-hydrogen) atoms. The molecule has 0 N–H and O–H groups in total. The van der Waals surface area contributed by atoms with Gasteiger partial charge >= 0.3 is 5.97 Å². The first-order chi connectivity index (χ1) is 15.5. The first-order valence-electron chi connectivity index (χ1n) is 10.7. The lowest BCUT2D eigenvalue weighted by Gasteiger charge is -2.20. The van der Waals surface area contributed by atoms with Gasteiger partial charge in [-0.2, -0.15) is 0 Å². The Bertz CT molecular complexity index is 1160. The van der Waals surface area contributed by atoms with Crippen LogP contribution in [-0.4, -0.2) is 26.7 Å². The molecule has 0 saturated carbocycles. The van der Waals surface area contributed by atoms with Crippen LogP contribution in [0.5, 0.6) is 5.75 Å². The largest absolute Gasteiger partial charge is 0.485 e. The molecule has 0 unspecified atom stereocenters. The molecule has 0 fully saturated rings. The quantitative estimate of drug-likeness (QED) is 0.332. The Morgan fingerprint density at radius 3 is 2.39 bits per heavy atom. The maximum atomic E-state index is 13.9. The molecule has 0 bridgehead atoms. The van der Waals surface area contributed by atoms with E-state index in [-0.39, 0.29) is 42.7 Å². The monoisotopic (exact) mass is 458 g/mol. The lowest BCUT2D eigenvalue weighted by molar-refractivity contribution is -0.155. The van der Waals surface area contributed by atoms with Gasteiger partial charge in [0.05, 0.1) is 11.3 Å². The third kappa shape index (κ3) is 5.94. The van der Waals surface area contributed by atoms with Gasteiger partial charge in [-0.1, -0.05) is 13.0 Å². The van der Waals surface area contributed by atoms with E-state index < -0.39 is 17.2 Å². The Kier molecular flexibility index (Phi) is 7.15. The summed E-state index contributed by atoms with van der Waals surface area (Å²) in [5.41, 5.74) is 0.479. The number of halogens is 2. The van der Waals surface area contributed by atoms with Gasteiger partial charge < -0.3 is 9.47 Å². The number of imidazole rings is 1. The van der Waals surface area contributed by atoms with Crippen molar-refractivity contribution in [2.45, 2.75) is 59.7 Å². The fourth-order valence-electron chi connectivity index (χ4n) is 3.58. The highest BCUT2D eigenvalue weighted by atomic mass is 19.1. The van der Waals surface area contributed by atoms with Gasteiger partial charge in [-0.15, -0.1) is 0 Å². The van der Waals surface area contributed by atoms with Crippen LogP contribution in [0.15, 0.2) is 36.5 Å². The zero-order valence-corrected chi connectivity index (χ0v) is 19.4. The number of nitrogens with zero attached hydrogens (tertiary/aromatic N) is 2. The van der Waals surface area contributed by atoms with Crippen molar-refractivity contribution in [2.24, 2.45) is 5.92 Å². The van der Waals surface area contributed by atoms with Gasteiger partial charge in [0.15, 0.2) is 17.2 Å². The topological polar surface area (TPSA) is 69.9 Å². The maximum absolute atomic E-state index is 13.9. The summed E-state index contributed by atoms with van der Waals surface area (Å²) in [6.45, 7) is 8.59. The number of Topliss-reactive ketones (excluding diaryl/α,β-unsaturated/α-hetero) is 1. The highest BCUT2D eigenvalue weighted by molar-refractivity contribution is 5.97. The molecule has 1 aromatic carbocycles. The van der Waals surface area contributed by atoms with Crippen molar-refractivity contribution in [2.75, 3.05) is 0 Å². The minimum atomic E-state index is -0.698. The molecule has 0 aliphatic heterocycles. The Morgan fingerprint density at radius 2 is 1.76 bits per heavy atom. The van der Waals surface area contributed by atoms with E-state index in [4.69, 9.17) is 9.47 Å². The summed E-state index contributed by atoms with van der Waals surface area (Å²) < 4.78 is 40.4. The van der Waals surface area contributed by atoms with Crippen molar-refractivity contribution >= 4 is 17.4 Å². The van der Waals surface area contributed by atoms with E-state index in [1.165, 1.54) is 6.07 Å². The number of pyridine rings is 1. The number of hydrogen-bond acceptors (Lipinski definition) is 5. The zero-order chi connectivity index (χ0) is 24.3. The van der Waals surface area contributed by atoms with Crippen molar-refractivity contribution in [3.05, 3.63) is 65.1 Å². The molecule has 1 atom stereocenters. The lowest BCUT2D eigenvalue weighted by atomic mass is 9.99. The minimum Gasteiger partial charge on any atom is -0.485 e. The zero-order valence-electron chi connectivity index (χ0n) is 19.4. The van der Waals surface area contributed by atoms with Gasteiger partial charge in [-0.05, 0) is 57.9 Å². The second-order valence-electron chi connectivity index (χ2n) is 9.12. The second-order valence-corrected chi connectivity index (χ2v) is 9.12. The third-order valence-electron chi connectivity index (χ3n) is 4.96. The third-order valence-corrected chi connectivity index (χ3v) is 4.96. The molecule has 2 heterocycles. The summed E-state index contributed by atoms with van der Waals surface area (Å²) in [6.07, 6.45) is 1.94. The highest BCUT2D eigenvalue weighted by Gasteiger charge is 2.24. The van der Waals surface area contributed by atoms with E-state index in [9.17, 15) is 18.4 Å². The van der Waals surface area contributed by atoms with Gasteiger partial charge in [0, 0.05) is 19.0 Å². The summed E-state index contributed by atoms with van der Waals surface area (Å²) >= 11 is 0. The van der Waals surface area contributed by atoms with Crippen molar-refractivity contribution in [1.29, 1.82) is 0 Å². The van der Waals surface area contributed by atoms with Crippen LogP contribution in [0.25, 0.3) is 5.65 Å². The highest BCUT2D eigenvalue weighted by Crippen LogP contribution is 2.26. The molecular formula is C25H28F2N2O4. The van der Waals surface area contributed by atoms with Crippen LogP contribution >= 0.6 is 0 Å². The van der Waals surface area contributed by atoms with Gasteiger partial charge in [-0.3, -0.25) is 14.0 Å². The predicted octanol–water partition coefficient (Wildman–Crippen LogP) is 5.44. The summed E-state index contributed by atoms with van der Waals surface area (Å²) in [6, 6.07) is 6.91. The van der Waals surface area contributed by atoms with E-state index in [1.54, 1.807) is 50.4 Å². The number of hydrogen-bond donors (Lipinski definition) is 0. The summed E-state index contributed by atoms with van der Waals surface area (Å²) in [4.78, 5) is 29.6. The maximum Gasteiger partial charge on any atom is 0.306 e. The lowest BCUT2D eigenvalue weighted by Crippen LogP contribution is -2.25. The van der Waals surface area contributed by atoms with Gasteiger partial charge in [0.1, 0.15) is 29.5 Å². The normalized spacial score (nSPS) is 12.6. The SMILES string of the molecule is Cc1nc2c(OCc3c(F)cccc3F)cccn2c1C(=O)C[C@@H](C)CC(=O)OC(C)(C)C. The number of aromatic nitrogens is 2. The predicted molar refractivity (Wildman–Crippen MR) is 119 cm³/mol. The summed E-state index contributed by atoms with van der Waals surface area (Å²) in [7, 11) is 0. The molecule has 0 saturated heterocycles. The number of esters is 1. The Labute approximate surface area is 191 Å². The Hall–Kier alpha value is -3.29. The van der Waals surface area contributed by atoms with Crippen molar-refractivity contribution in [1.82, 2.24) is 9.38 Å². The Morgan fingerprint density at radius 1 is 1.09 bits per heavy atom. The van der Waals surface area contributed by atoms with Crippen LogP contribution in [-0.2, 0) is 16.1 Å². The fourth-order valence-corrected chi connectivity index (χ4v) is 3.58. The first kappa shape index (κ1) is 24.4. The van der Waals surface area contributed by atoms with Crippen molar-refractivity contribution < 1.29 is 27.8 Å². The summed E-state index contributed by atoms with van der Waals surface area (Å²) in [5.74, 6) is -1.85. The van der Waals surface area contributed by atoms with Crippen molar-refractivity contribution in [3.63, 3.8) is 0 Å². The Balaban J connectivity index is 1.77. The van der Waals surface area contributed by atoms with E-state index in [2.05, 4.69) is 4.98 Å². The molecule has 8 heteroatoms. The minimum absolute atomic E-state index is 0.126. The van der Waals surface area contributed by atoms with Crippen LogP contribution in [0.2, 0.25) is 0 Å². The number of benzene rings is 1. The molecule has 176 valence electrons. The number of carbonyl (C=O) groups excluding carboxylic acids is 2. The van der Waals surface area contributed by atoms with Gasteiger partial charge in [0.25, 0.3) is 0 Å². The fraction of sp³-hybridized carbons (Fsp3) is 0.400. The van der Waals surface area contributed by atoms with Gasteiger partial charge in [-0.25, -0.2) is 13.8 Å². The number of ketones is 1. The van der Waals surface area contributed by atoms with Crippen LogP contribution in [0.4, 0.5) is 8.78 Å². The van der Waals surface area contributed by atoms with Crippen LogP contribution in [0.3, 0.4) is 0 Å². The van der Waals surface area contributed by atoms with E-state index in [1.807, 2.05) is 6.92 Å². The summed E-state index contributed by atoms with van der Waals surface area (Å²) in [5, 5.41) is 0. The van der Waals surface area contributed by atoms with E-state index >= 15 is 0 Å². The van der Waals surface area contributed by atoms with Crippen molar-refractivity contribution in [3.8, 4) is 5.75 Å². The average Bonchev–Trinajstić information content (AvgIpc) is 3.02. The number of carbonyl (C=O) groups is 2. The number of rotatable bonds is 8. The molecule has 0 amide bonds. The standard InChI is InChI=1S/C25H28F2N2O4/c1-15(13-22(31)33-25(3,4)5)12-20(30)23-16(2)28-24-21(10-7-11-29(23)24)32-14-17-18(26)8-6-9-19(17)27/h6-11,15H,12-14H2,1-5H3/t15-/m1/s1. The van der Waals surface area contributed by atoms with E-state index in [0.29, 0.717) is 22.8 Å². The first-order valence-corrected chi connectivity index (χ1v) is 10.7. The number of fused-ring (bicyclic) bond motifs is 1.